The number of carbonyl (C=O) groups excluding carboxylic acids is 1. The van der Waals surface area contributed by atoms with Crippen LogP contribution in [-0.2, 0) is 6.54 Å². The lowest BCUT2D eigenvalue weighted by Crippen LogP contribution is -2.25. The molecule has 0 saturated heterocycles. The van der Waals surface area contributed by atoms with Crippen molar-refractivity contribution in [2.75, 3.05) is 0 Å². The molecule has 1 heterocycles. The van der Waals surface area contributed by atoms with Crippen LogP contribution in [0, 0.1) is 17.5 Å². The van der Waals surface area contributed by atoms with Crippen LogP contribution in [0.5, 0.6) is 0 Å². The summed E-state index contributed by atoms with van der Waals surface area (Å²) >= 11 is 0. The highest BCUT2D eigenvalue weighted by molar-refractivity contribution is 5.94. The summed E-state index contributed by atoms with van der Waals surface area (Å²) in [6.45, 7) is -0.0147. The maximum atomic E-state index is 13.6. The van der Waals surface area contributed by atoms with E-state index in [9.17, 15) is 18.0 Å². The van der Waals surface area contributed by atoms with Crippen LogP contribution in [0.2, 0.25) is 0 Å². The van der Waals surface area contributed by atoms with Crippen LogP contribution < -0.4 is 5.32 Å². The molecule has 0 radical (unpaired) electrons. The molecule has 0 aliphatic heterocycles. The van der Waals surface area contributed by atoms with Crippen LogP contribution in [0.3, 0.4) is 0 Å². The highest BCUT2D eigenvalue weighted by atomic mass is 19.2. The summed E-state index contributed by atoms with van der Waals surface area (Å²) in [5.41, 5.74) is 0.698. The maximum absolute atomic E-state index is 13.6. The summed E-state index contributed by atoms with van der Waals surface area (Å²) in [5, 5.41) is 10.1. The van der Waals surface area contributed by atoms with E-state index in [-0.39, 0.29) is 6.54 Å². The van der Waals surface area contributed by atoms with Crippen LogP contribution in [-0.4, -0.2) is 20.9 Å². The highest BCUT2D eigenvalue weighted by Crippen LogP contribution is 2.15. The summed E-state index contributed by atoms with van der Waals surface area (Å²) in [6.07, 6.45) is 1.44. The summed E-state index contributed by atoms with van der Waals surface area (Å²) in [5.74, 6) is -5.43. The molecule has 0 spiro atoms. The first-order valence-corrected chi connectivity index (χ1v) is 6.94. The average Bonchev–Trinajstić information content (AvgIpc) is 3.07. The lowest BCUT2D eigenvalue weighted by molar-refractivity contribution is 0.0945. The predicted molar refractivity (Wildman–Crippen MR) is 78.8 cm³/mol. The monoisotopic (exact) mass is 332 g/mol. The van der Waals surface area contributed by atoms with Gasteiger partial charge in [-0.1, -0.05) is 23.4 Å². The number of para-hydroxylation sites is 1. The first kappa shape index (κ1) is 15.7. The SMILES string of the molecule is O=C(NCc1cnnn1-c1ccccc1)c1ccc(F)c(F)c1F. The summed E-state index contributed by atoms with van der Waals surface area (Å²) in [7, 11) is 0. The van der Waals surface area contributed by atoms with E-state index in [1.807, 2.05) is 18.2 Å². The van der Waals surface area contributed by atoms with Gasteiger partial charge in [-0.3, -0.25) is 4.79 Å². The molecule has 2 aromatic carbocycles. The highest BCUT2D eigenvalue weighted by Gasteiger charge is 2.19. The fraction of sp³-hybridized carbons (Fsp3) is 0.0625. The molecule has 0 saturated carbocycles. The molecule has 1 aromatic heterocycles. The van der Waals surface area contributed by atoms with Crippen molar-refractivity contribution in [2.45, 2.75) is 6.54 Å². The number of halogens is 3. The second-order valence-electron chi connectivity index (χ2n) is 4.88. The number of nitrogens with one attached hydrogen (secondary N) is 1. The summed E-state index contributed by atoms with van der Waals surface area (Å²) < 4.78 is 41.2. The van der Waals surface area contributed by atoms with E-state index in [1.165, 1.54) is 10.9 Å². The minimum Gasteiger partial charge on any atom is -0.346 e. The van der Waals surface area contributed by atoms with Crippen molar-refractivity contribution in [3.8, 4) is 5.69 Å². The van der Waals surface area contributed by atoms with Gasteiger partial charge in [0.05, 0.1) is 29.7 Å². The Hall–Kier alpha value is -3.16. The van der Waals surface area contributed by atoms with Gasteiger partial charge in [0.1, 0.15) is 0 Å². The Labute approximate surface area is 134 Å². The first-order chi connectivity index (χ1) is 11.6. The number of rotatable bonds is 4. The topological polar surface area (TPSA) is 59.8 Å². The number of hydrogen-bond donors (Lipinski definition) is 1. The number of carbonyl (C=O) groups is 1. The van der Waals surface area contributed by atoms with Crippen molar-refractivity contribution in [2.24, 2.45) is 0 Å². The zero-order valence-electron chi connectivity index (χ0n) is 12.2. The van der Waals surface area contributed by atoms with E-state index >= 15 is 0 Å². The molecule has 1 N–H and O–H groups in total. The molecule has 0 fully saturated rings. The largest absolute Gasteiger partial charge is 0.346 e. The van der Waals surface area contributed by atoms with Gasteiger partial charge < -0.3 is 5.32 Å². The number of benzene rings is 2. The maximum Gasteiger partial charge on any atom is 0.254 e. The van der Waals surface area contributed by atoms with Gasteiger partial charge >= 0.3 is 0 Å². The van der Waals surface area contributed by atoms with Gasteiger partial charge in [-0.2, -0.15) is 0 Å². The van der Waals surface area contributed by atoms with Crippen molar-refractivity contribution in [3.63, 3.8) is 0 Å². The lowest BCUT2D eigenvalue weighted by Gasteiger charge is -2.08. The Kier molecular flexibility index (Phi) is 4.28. The second-order valence-corrected chi connectivity index (χ2v) is 4.88. The number of hydrogen-bond acceptors (Lipinski definition) is 3. The van der Waals surface area contributed by atoms with Crippen molar-refractivity contribution >= 4 is 5.91 Å². The van der Waals surface area contributed by atoms with Gasteiger partial charge in [0, 0.05) is 0 Å². The van der Waals surface area contributed by atoms with E-state index in [4.69, 9.17) is 0 Å². The number of aromatic nitrogens is 3. The minimum atomic E-state index is -1.68. The van der Waals surface area contributed by atoms with E-state index in [2.05, 4.69) is 15.6 Å². The van der Waals surface area contributed by atoms with Gasteiger partial charge in [-0.25, -0.2) is 17.9 Å². The standard InChI is InChI=1S/C16H11F3N4O/c17-13-7-6-12(14(18)15(13)19)16(24)20-8-11-9-21-22-23(11)10-4-2-1-3-5-10/h1-7,9H,8H2,(H,20,24). The fourth-order valence-corrected chi connectivity index (χ4v) is 2.13. The smallest absolute Gasteiger partial charge is 0.254 e. The predicted octanol–water partition coefficient (Wildman–Crippen LogP) is 2.61. The molecule has 0 unspecified atom stereocenters. The van der Waals surface area contributed by atoms with Gasteiger partial charge in [0.2, 0.25) is 0 Å². The Morgan fingerprint density at radius 3 is 2.54 bits per heavy atom. The Morgan fingerprint density at radius 1 is 1.04 bits per heavy atom. The van der Waals surface area contributed by atoms with Gasteiger partial charge in [-0.15, -0.1) is 5.10 Å². The average molecular weight is 332 g/mol. The Bertz CT molecular complexity index is 880. The molecule has 0 aliphatic carbocycles. The van der Waals surface area contributed by atoms with Crippen molar-refractivity contribution in [3.05, 3.63) is 77.4 Å². The molecular formula is C16H11F3N4O. The van der Waals surface area contributed by atoms with E-state index in [1.54, 1.807) is 12.1 Å². The summed E-state index contributed by atoms with van der Waals surface area (Å²) in [6, 6.07) is 10.7. The Balaban J connectivity index is 1.77. The molecular weight excluding hydrogens is 321 g/mol. The second kappa shape index (κ2) is 6.53. The quantitative estimate of drug-likeness (QED) is 0.747. The number of amides is 1. The van der Waals surface area contributed by atoms with E-state index < -0.39 is 28.9 Å². The van der Waals surface area contributed by atoms with Gasteiger partial charge in [-0.05, 0) is 24.3 Å². The number of nitrogens with zero attached hydrogens (tertiary/aromatic N) is 3. The third-order valence-electron chi connectivity index (χ3n) is 3.33. The van der Waals surface area contributed by atoms with Crippen molar-refractivity contribution in [1.29, 1.82) is 0 Å². The zero-order chi connectivity index (χ0) is 17.1. The Morgan fingerprint density at radius 2 is 1.79 bits per heavy atom. The van der Waals surface area contributed by atoms with Gasteiger partial charge in [0.25, 0.3) is 5.91 Å². The van der Waals surface area contributed by atoms with E-state index in [0.717, 1.165) is 11.8 Å². The third kappa shape index (κ3) is 2.98. The first-order valence-electron chi connectivity index (χ1n) is 6.94. The van der Waals surface area contributed by atoms with E-state index in [0.29, 0.717) is 11.8 Å². The third-order valence-corrected chi connectivity index (χ3v) is 3.33. The van der Waals surface area contributed by atoms with Crippen LogP contribution in [0.4, 0.5) is 13.2 Å². The normalized spacial score (nSPS) is 10.6. The molecule has 8 heteroatoms. The summed E-state index contributed by atoms with van der Waals surface area (Å²) in [4.78, 5) is 12.0. The molecule has 24 heavy (non-hydrogen) atoms. The zero-order valence-corrected chi connectivity index (χ0v) is 12.2. The van der Waals surface area contributed by atoms with Crippen LogP contribution in [0.25, 0.3) is 5.69 Å². The van der Waals surface area contributed by atoms with Crippen LogP contribution in [0.15, 0.2) is 48.7 Å². The minimum absolute atomic E-state index is 0.0147. The fourth-order valence-electron chi connectivity index (χ4n) is 2.13. The van der Waals surface area contributed by atoms with Crippen LogP contribution >= 0.6 is 0 Å². The molecule has 3 rings (SSSR count). The molecule has 3 aromatic rings. The molecule has 5 nitrogen and oxygen atoms in total. The molecule has 0 atom stereocenters. The lowest BCUT2D eigenvalue weighted by atomic mass is 10.2. The van der Waals surface area contributed by atoms with Crippen molar-refractivity contribution < 1.29 is 18.0 Å². The molecule has 0 aliphatic rings. The molecule has 122 valence electrons. The van der Waals surface area contributed by atoms with Gasteiger partial charge in [0.15, 0.2) is 17.5 Å². The molecule has 1 amide bonds. The molecule has 0 bridgehead atoms. The van der Waals surface area contributed by atoms with Crippen LogP contribution in [0.1, 0.15) is 16.1 Å². The van der Waals surface area contributed by atoms with Crippen molar-refractivity contribution in [1.82, 2.24) is 20.3 Å².